The highest BCUT2D eigenvalue weighted by molar-refractivity contribution is 6.25. The molecule has 0 saturated carbocycles. The van der Waals surface area contributed by atoms with Gasteiger partial charge in [0.1, 0.15) is 33.8 Å². The molecule has 0 atom stereocenters. The van der Waals surface area contributed by atoms with Gasteiger partial charge in [0.25, 0.3) is 0 Å². The first-order chi connectivity index (χ1) is 25.4. The molecule has 0 aliphatic carbocycles. The molecule has 4 heterocycles. The van der Waals surface area contributed by atoms with Crippen LogP contribution in [0.15, 0.2) is 130 Å². The first kappa shape index (κ1) is 30.4. The molecule has 252 valence electrons. The van der Waals surface area contributed by atoms with E-state index in [4.69, 9.17) is 18.8 Å². The van der Waals surface area contributed by atoms with Crippen LogP contribution in [0.1, 0.15) is 50.7 Å². The molecule has 1 N–H and O–H groups in total. The van der Waals surface area contributed by atoms with Crippen molar-refractivity contribution in [1.82, 2.24) is 14.5 Å². The summed E-state index contributed by atoms with van der Waals surface area (Å²) in [6.07, 6.45) is 0. The van der Waals surface area contributed by atoms with Crippen LogP contribution in [0.2, 0.25) is 0 Å². The molecular formula is C46H35N3O3. The Morgan fingerprint density at radius 3 is 2.10 bits per heavy atom. The summed E-state index contributed by atoms with van der Waals surface area (Å²) >= 11 is 0. The zero-order valence-electron chi connectivity index (χ0n) is 29.3. The highest BCUT2D eigenvalue weighted by Gasteiger charge is 2.24. The summed E-state index contributed by atoms with van der Waals surface area (Å²) in [5.74, 6) is 1.70. The third-order valence-electron chi connectivity index (χ3n) is 10.5. The van der Waals surface area contributed by atoms with Gasteiger partial charge in [-0.15, -0.1) is 0 Å². The number of benzene rings is 6. The summed E-state index contributed by atoms with van der Waals surface area (Å²) in [6.45, 7) is 9.03. The molecule has 0 fully saturated rings. The van der Waals surface area contributed by atoms with Crippen LogP contribution < -0.4 is 0 Å². The first-order valence-corrected chi connectivity index (χ1v) is 17.9. The maximum Gasteiger partial charge on any atom is 0.153 e. The van der Waals surface area contributed by atoms with E-state index in [1.54, 1.807) is 6.07 Å². The van der Waals surface area contributed by atoms with Crippen molar-refractivity contribution in [3.63, 3.8) is 0 Å². The van der Waals surface area contributed by atoms with Gasteiger partial charge < -0.3 is 13.9 Å². The van der Waals surface area contributed by atoms with Gasteiger partial charge >= 0.3 is 0 Å². The SMILES string of the molecule is CC(C)c1cccc(C(C)C)c1-n1c(-c2ccc3oc4ccc5oc6ccc(-c7c(O)ccc8ccccc78)nc6c5c4c3c2)nc2ccccc21. The molecule has 6 aromatic carbocycles. The number of hydrogen-bond acceptors (Lipinski definition) is 5. The Bertz CT molecular complexity index is 3020. The van der Waals surface area contributed by atoms with Crippen LogP contribution in [0, 0.1) is 0 Å². The second kappa shape index (κ2) is 11.3. The zero-order valence-corrected chi connectivity index (χ0v) is 29.3. The Morgan fingerprint density at radius 2 is 1.29 bits per heavy atom. The summed E-state index contributed by atoms with van der Waals surface area (Å²) in [6, 6.07) is 40.9. The van der Waals surface area contributed by atoms with Crippen molar-refractivity contribution in [1.29, 1.82) is 0 Å². The lowest BCUT2D eigenvalue weighted by molar-refractivity contribution is 0.478. The highest BCUT2D eigenvalue weighted by atomic mass is 16.3. The van der Waals surface area contributed by atoms with E-state index in [-0.39, 0.29) is 5.75 Å². The van der Waals surface area contributed by atoms with Crippen molar-refractivity contribution >= 4 is 65.8 Å². The third-order valence-corrected chi connectivity index (χ3v) is 10.5. The quantitative estimate of drug-likeness (QED) is 0.196. The summed E-state index contributed by atoms with van der Waals surface area (Å²) in [7, 11) is 0. The van der Waals surface area contributed by atoms with E-state index < -0.39 is 0 Å². The van der Waals surface area contributed by atoms with Crippen molar-refractivity contribution in [2.45, 2.75) is 39.5 Å². The number of fused-ring (bicyclic) bond motifs is 9. The van der Waals surface area contributed by atoms with Crippen molar-refractivity contribution in [3.05, 3.63) is 132 Å². The Hall–Kier alpha value is -6.40. The lowest BCUT2D eigenvalue weighted by Gasteiger charge is -2.22. The molecule has 0 radical (unpaired) electrons. The second-order valence-corrected chi connectivity index (χ2v) is 14.3. The number of rotatable bonds is 5. The van der Waals surface area contributed by atoms with Crippen molar-refractivity contribution in [3.8, 4) is 34.1 Å². The Balaban J connectivity index is 1.25. The lowest BCUT2D eigenvalue weighted by atomic mass is 9.92. The van der Waals surface area contributed by atoms with Crippen molar-refractivity contribution in [2.24, 2.45) is 0 Å². The molecule has 0 spiro atoms. The predicted octanol–water partition coefficient (Wildman–Crippen LogP) is 12.7. The molecule has 52 heavy (non-hydrogen) atoms. The highest BCUT2D eigenvalue weighted by Crippen LogP contribution is 2.44. The number of aromatic hydroxyl groups is 1. The van der Waals surface area contributed by atoms with Gasteiger partial charge in [-0.25, -0.2) is 9.97 Å². The normalized spacial score (nSPS) is 12.3. The maximum atomic E-state index is 11.1. The minimum absolute atomic E-state index is 0.185. The number of pyridine rings is 1. The van der Waals surface area contributed by atoms with Gasteiger partial charge in [0.15, 0.2) is 5.58 Å². The summed E-state index contributed by atoms with van der Waals surface area (Å²) in [5.41, 5.74) is 11.8. The Morgan fingerprint density at radius 1 is 0.596 bits per heavy atom. The second-order valence-electron chi connectivity index (χ2n) is 14.3. The standard InChI is InChI=1S/C46H35N3O3/c1-25(2)29-12-9-13-30(26(3)4)45(29)49-35-15-8-7-14-33(35)48-46(49)28-17-20-37-32(24-28)42-38(51-37)22-23-39-43(42)44-40(52-39)21-18-34(47-44)41-31-11-6-5-10-27(31)16-19-36(41)50/h5-26,50H,1-4H3. The van der Waals surface area contributed by atoms with E-state index in [1.165, 1.54) is 16.8 Å². The zero-order chi connectivity index (χ0) is 35.2. The maximum absolute atomic E-state index is 11.1. The minimum Gasteiger partial charge on any atom is -0.507 e. The smallest absolute Gasteiger partial charge is 0.153 e. The van der Waals surface area contributed by atoms with E-state index in [9.17, 15) is 5.11 Å². The van der Waals surface area contributed by atoms with Crippen LogP contribution in [0.3, 0.4) is 0 Å². The van der Waals surface area contributed by atoms with E-state index in [2.05, 4.69) is 80.8 Å². The third kappa shape index (κ3) is 4.43. The largest absolute Gasteiger partial charge is 0.507 e. The molecule has 6 nitrogen and oxygen atoms in total. The van der Waals surface area contributed by atoms with Gasteiger partial charge in [-0.3, -0.25) is 4.57 Å². The number of phenolic OH excluding ortho intramolecular Hbond substituents is 1. The van der Waals surface area contributed by atoms with E-state index >= 15 is 0 Å². The van der Waals surface area contributed by atoms with Crippen molar-refractivity contribution in [2.75, 3.05) is 0 Å². The Kier molecular flexibility index (Phi) is 6.61. The van der Waals surface area contributed by atoms with E-state index in [1.807, 2.05) is 66.7 Å². The molecule has 0 unspecified atom stereocenters. The van der Waals surface area contributed by atoms with Gasteiger partial charge in [0, 0.05) is 21.9 Å². The summed E-state index contributed by atoms with van der Waals surface area (Å²) in [5, 5.41) is 15.8. The number of hydrogen-bond donors (Lipinski definition) is 1. The molecule has 0 aliphatic rings. The first-order valence-electron chi connectivity index (χ1n) is 17.9. The summed E-state index contributed by atoms with van der Waals surface area (Å²) in [4.78, 5) is 10.5. The molecule has 0 amide bonds. The van der Waals surface area contributed by atoms with Gasteiger partial charge in [0.05, 0.1) is 27.8 Å². The average molecular weight is 678 g/mol. The number of nitrogens with zero attached hydrogens (tertiary/aromatic N) is 3. The van der Waals surface area contributed by atoms with Gasteiger partial charge in [-0.2, -0.15) is 0 Å². The van der Waals surface area contributed by atoms with Crippen LogP contribution in [-0.2, 0) is 0 Å². The van der Waals surface area contributed by atoms with Gasteiger partial charge in [0.2, 0.25) is 0 Å². The topological polar surface area (TPSA) is 77.2 Å². The fourth-order valence-corrected chi connectivity index (χ4v) is 8.02. The fraction of sp³-hybridized carbons (Fsp3) is 0.130. The fourth-order valence-electron chi connectivity index (χ4n) is 8.02. The molecule has 6 heteroatoms. The molecule has 10 rings (SSSR count). The van der Waals surface area contributed by atoms with Crippen LogP contribution >= 0.6 is 0 Å². The number of imidazole rings is 1. The van der Waals surface area contributed by atoms with Crippen LogP contribution in [0.5, 0.6) is 5.75 Å². The number of phenols is 1. The summed E-state index contributed by atoms with van der Waals surface area (Å²) < 4.78 is 15.3. The van der Waals surface area contributed by atoms with Crippen LogP contribution in [0.25, 0.3) is 94.1 Å². The van der Waals surface area contributed by atoms with Crippen LogP contribution in [-0.4, -0.2) is 19.6 Å². The molecule has 10 aromatic rings. The number of para-hydroxylation sites is 3. The predicted molar refractivity (Wildman–Crippen MR) is 212 cm³/mol. The Labute approximate surface area is 299 Å². The lowest BCUT2D eigenvalue weighted by Crippen LogP contribution is -2.08. The van der Waals surface area contributed by atoms with Crippen molar-refractivity contribution < 1.29 is 13.9 Å². The van der Waals surface area contributed by atoms with E-state index in [0.29, 0.717) is 28.7 Å². The molecule has 0 bridgehead atoms. The molecule has 0 saturated heterocycles. The number of furan rings is 2. The molecule has 0 aliphatic heterocycles. The van der Waals surface area contributed by atoms with E-state index in [0.717, 1.165) is 71.6 Å². The van der Waals surface area contributed by atoms with Gasteiger partial charge in [-0.1, -0.05) is 88.4 Å². The minimum atomic E-state index is 0.185. The number of aromatic nitrogens is 3. The molecular weight excluding hydrogens is 643 g/mol. The average Bonchev–Trinajstić information content (AvgIpc) is 3.84. The van der Waals surface area contributed by atoms with Gasteiger partial charge in [-0.05, 0) is 94.4 Å². The molecule has 4 aromatic heterocycles. The van der Waals surface area contributed by atoms with Crippen LogP contribution in [0.4, 0.5) is 0 Å². The monoisotopic (exact) mass is 677 g/mol.